The minimum absolute atomic E-state index is 0.446. The van der Waals surface area contributed by atoms with E-state index in [0.29, 0.717) is 16.9 Å². The second-order valence-electron chi connectivity index (χ2n) is 9.07. The summed E-state index contributed by atoms with van der Waals surface area (Å²) in [7, 11) is 0. The quantitative estimate of drug-likeness (QED) is 0.459. The summed E-state index contributed by atoms with van der Waals surface area (Å²) in [5.74, 6) is 3.65. The zero-order chi connectivity index (χ0) is 15.4. The van der Waals surface area contributed by atoms with E-state index < -0.39 is 0 Å². The van der Waals surface area contributed by atoms with Crippen molar-refractivity contribution < 1.29 is 5.22 Å². The Hall–Kier alpha value is -0.860. The molecule has 0 saturated heterocycles. The van der Waals surface area contributed by atoms with Gasteiger partial charge in [-0.15, -0.1) is 0 Å². The lowest BCUT2D eigenvalue weighted by molar-refractivity contribution is -0.557. The number of hydrogen-bond acceptors (Lipinski definition) is 0. The smallest absolute Gasteiger partial charge is 0.0118 e. The minimum Gasteiger partial charge on any atom is -0.290 e. The van der Waals surface area contributed by atoms with E-state index in [0.717, 1.165) is 23.7 Å². The molecule has 7 atom stereocenters. The highest BCUT2D eigenvalue weighted by molar-refractivity contribution is 5.16. The minimum atomic E-state index is 0.446. The molecule has 0 aliphatic heterocycles. The number of nitrogens with zero attached hydrogens (tertiary/aromatic N) is 1. The largest absolute Gasteiger partial charge is 0.290 e. The number of hydrazine groups is 1. The second-order valence-corrected chi connectivity index (χ2v) is 9.07. The van der Waals surface area contributed by atoms with Crippen LogP contribution in [0.5, 0.6) is 0 Å². The molecule has 3 saturated carbocycles. The van der Waals surface area contributed by atoms with Gasteiger partial charge in [-0.1, -0.05) is 26.0 Å². The Morgan fingerprint density at radius 3 is 2.77 bits per heavy atom. The Labute approximate surface area is 134 Å². The lowest BCUT2D eigenvalue weighted by Gasteiger charge is -2.60. The van der Waals surface area contributed by atoms with Crippen molar-refractivity contribution in [2.75, 3.05) is 0 Å². The van der Waals surface area contributed by atoms with Gasteiger partial charge in [0.1, 0.15) is 0 Å². The summed E-state index contributed by atoms with van der Waals surface area (Å²) >= 11 is 0. The van der Waals surface area contributed by atoms with Gasteiger partial charge in [-0.25, -0.2) is 0 Å². The van der Waals surface area contributed by atoms with Crippen molar-refractivity contribution in [1.82, 2.24) is 5.43 Å². The summed E-state index contributed by atoms with van der Waals surface area (Å²) in [6.07, 6.45) is 15.8. The van der Waals surface area contributed by atoms with Gasteiger partial charge in [0.25, 0.3) is 0 Å². The Balaban J connectivity index is 1.56. The number of rotatable bonds is 2. The molecule has 4 rings (SSSR count). The van der Waals surface area contributed by atoms with Crippen molar-refractivity contribution in [1.29, 1.82) is 0 Å². The van der Waals surface area contributed by atoms with E-state index in [1.165, 1.54) is 51.4 Å². The highest BCUT2D eigenvalue weighted by atomic mass is 15.4. The zero-order valence-electron chi connectivity index (χ0n) is 14.1. The van der Waals surface area contributed by atoms with Gasteiger partial charge in [0.15, 0.2) is 0 Å². The monoisotopic (exact) mass is 301 g/mol. The van der Waals surface area contributed by atoms with Gasteiger partial charge in [0.05, 0.1) is 0 Å². The fourth-order valence-corrected chi connectivity index (χ4v) is 6.96. The first-order valence-electron chi connectivity index (χ1n) is 9.39. The Kier molecular flexibility index (Phi) is 3.39. The van der Waals surface area contributed by atoms with Crippen molar-refractivity contribution in [3.8, 4) is 0 Å². The van der Waals surface area contributed by atoms with Gasteiger partial charge in [-0.2, -0.15) is 10.8 Å². The zero-order valence-corrected chi connectivity index (χ0v) is 14.1. The summed E-state index contributed by atoms with van der Waals surface area (Å²) in [6, 6.07) is 0.446. The van der Waals surface area contributed by atoms with Crippen LogP contribution < -0.4 is 10.6 Å². The van der Waals surface area contributed by atoms with E-state index in [1.807, 2.05) is 0 Å². The molecule has 0 aromatic heterocycles. The molecule has 0 radical (unpaired) electrons. The van der Waals surface area contributed by atoms with E-state index in [1.54, 1.807) is 0 Å². The van der Waals surface area contributed by atoms with Gasteiger partial charge in [0, 0.05) is 6.04 Å². The molecule has 3 heteroatoms. The average molecular weight is 301 g/mol. The maximum atomic E-state index is 8.93. The van der Waals surface area contributed by atoms with E-state index in [9.17, 15) is 0 Å². The highest BCUT2D eigenvalue weighted by Gasteiger charge is 2.56. The summed E-state index contributed by atoms with van der Waals surface area (Å²) in [4.78, 5) is 0. The first-order valence-corrected chi connectivity index (χ1v) is 9.39. The molecular weight excluding hydrogens is 270 g/mol. The molecule has 0 amide bonds. The molecule has 0 aromatic rings. The van der Waals surface area contributed by atoms with Gasteiger partial charge in [0.2, 0.25) is 0 Å². The van der Waals surface area contributed by atoms with Crippen LogP contribution >= 0.6 is 0 Å². The lowest BCUT2D eigenvalue weighted by Crippen LogP contribution is -2.78. The number of hydrogen-bond donors (Lipinski definition) is 2. The van der Waals surface area contributed by atoms with E-state index >= 15 is 0 Å². The van der Waals surface area contributed by atoms with Gasteiger partial charge >= 0.3 is 0 Å². The predicted molar refractivity (Wildman–Crippen MR) is 87.5 cm³/mol. The maximum Gasteiger partial charge on any atom is 0.0118 e. The molecule has 4 aliphatic rings. The van der Waals surface area contributed by atoms with Crippen LogP contribution in [-0.4, -0.2) is 6.04 Å². The normalized spacial score (nSPS) is 53.3. The molecular formula is C19H31N3. The Bertz CT molecular complexity index is 487. The average Bonchev–Trinajstić information content (AvgIpc) is 2.89. The Morgan fingerprint density at radius 2 is 1.95 bits per heavy atom. The van der Waals surface area contributed by atoms with Crippen LogP contribution in [0.1, 0.15) is 65.2 Å². The SMILES string of the molecule is C[C@]12CC[C@@H](N[NH+]=[N-])C[C@@H]1CC[C@@H]1[C@H]2CC[C@]2(C)C=CC[C@@H]12. The van der Waals surface area contributed by atoms with Crippen LogP contribution in [0, 0.1) is 34.5 Å². The molecule has 3 fully saturated rings. The summed E-state index contributed by atoms with van der Waals surface area (Å²) < 4.78 is 0. The van der Waals surface area contributed by atoms with Crippen LogP contribution in [0.15, 0.2) is 12.2 Å². The molecule has 0 bridgehead atoms. The molecule has 0 aromatic carbocycles. The van der Waals surface area contributed by atoms with Crippen LogP contribution in [0.3, 0.4) is 0 Å². The fraction of sp³-hybridized carbons (Fsp3) is 0.895. The first kappa shape index (κ1) is 14.7. The van der Waals surface area contributed by atoms with Crippen LogP contribution in [0.2, 0.25) is 0 Å². The van der Waals surface area contributed by atoms with Gasteiger partial charge < -0.3 is 0 Å². The van der Waals surface area contributed by atoms with Gasteiger partial charge in [-0.3, -0.25) is 5.43 Å². The summed E-state index contributed by atoms with van der Waals surface area (Å²) in [5.41, 5.74) is 13.0. The molecule has 3 nitrogen and oxygen atoms in total. The second kappa shape index (κ2) is 5.07. The van der Waals surface area contributed by atoms with Crippen LogP contribution in [-0.2, 0) is 0 Å². The molecule has 0 spiro atoms. The molecule has 122 valence electrons. The first-order chi connectivity index (χ1) is 10.6. The van der Waals surface area contributed by atoms with Crippen LogP contribution in [0.25, 0.3) is 5.53 Å². The number of fused-ring (bicyclic) bond motifs is 5. The topological polar surface area (TPSA) is 48.3 Å². The molecule has 0 unspecified atom stereocenters. The van der Waals surface area contributed by atoms with E-state index in [4.69, 9.17) is 5.53 Å². The fourth-order valence-electron chi connectivity index (χ4n) is 6.96. The predicted octanol–water partition coefficient (Wildman–Crippen LogP) is 3.17. The summed E-state index contributed by atoms with van der Waals surface area (Å²) in [5, 5.41) is 2.18. The van der Waals surface area contributed by atoms with E-state index in [-0.39, 0.29) is 0 Å². The van der Waals surface area contributed by atoms with Crippen molar-refractivity contribution >= 4 is 0 Å². The van der Waals surface area contributed by atoms with Crippen molar-refractivity contribution in [2.24, 2.45) is 34.5 Å². The number of allylic oxidation sites excluding steroid dienone is 2. The third kappa shape index (κ3) is 2.00. The van der Waals surface area contributed by atoms with Crippen molar-refractivity contribution in [2.45, 2.75) is 71.3 Å². The third-order valence-corrected chi connectivity index (χ3v) is 8.26. The van der Waals surface area contributed by atoms with E-state index in [2.05, 4.69) is 36.6 Å². The third-order valence-electron chi connectivity index (χ3n) is 8.26. The Morgan fingerprint density at radius 1 is 1.09 bits per heavy atom. The number of nitrogens with one attached hydrogen (secondary N) is 2. The molecule has 2 N–H and O–H groups in total. The maximum absolute atomic E-state index is 8.93. The molecule has 0 heterocycles. The van der Waals surface area contributed by atoms with Gasteiger partial charge in [-0.05, 0) is 85.9 Å². The lowest BCUT2D eigenvalue weighted by atomic mass is 9.45. The highest BCUT2D eigenvalue weighted by Crippen LogP contribution is 2.64. The van der Waals surface area contributed by atoms with Crippen molar-refractivity contribution in [3.05, 3.63) is 17.7 Å². The summed E-state index contributed by atoms with van der Waals surface area (Å²) in [6.45, 7) is 5.11. The molecule has 22 heavy (non-hydrogen) atoms. The molecule has 4 aliphatic carbocycles. The van der Waals surface area contributed by atoms with Crippen molar-refractivity contribution in [3.63, 3.8) is 0 Å². The standard InChI is InChI=1S/C19H31N3/c1-18-9-3-4-16(18)15-6-5-13-12-14(21-22-20)7-11-19(13,2)17(15)8-10-18/h3,9,13-17,22H,4-8,10-12H2,1-2H3,(H-,20,21)/t13-,14+,15-,16-,17+,18-,19-/m0/s1. The van der Waals surface area contributed by atoms with Crippen LogP contribution in [0.4, 0.5) is 0 Å².